The predicted molar refractivity (Wildman–Crippen MR) is 161 cm³/mol. The molecule has 10 heteroatoms. The summed E-state index contributed by atoms with van der Waals surface area (Å²) in [6.45, 7) is 12.9. The number of hydrogen-bond donors (Lipinski definition) is 1. The number of piperazine rings is 1. The molecule has 1 aliphatic heterocycles. The average molecular weight is 587 g/mol. The molecule has 1 amide bonds. The first-order valence-electron chi connectivity index (χ1n) is 13.6. The van der Waals surface area contributed by atoms with Crippen LogP contribution in [0.5, 0.6) is 0 Å². The summed E-state index contributed by atoms with van der Waals surface area (Å²) in [7, 11) is 0. The Morgan fingerprint density at radius 3 is 2.50 bits per heavy atom. The van der Waals surface area contributed by atoms with Crippen molar-refractivity contribution < 1.29 is 14.3 Å². The van der Waals surface area contributed by atoms with Gasteiger partial charge in [-0.15, -0.1) is 0 Å². The lowest BCUT2D eigenvalue weighted by Crippen LogP contribution is -2.56. The summed E-state index contributed by atoms with van der Waals surface area (Å²) in [5.74, 6) is -1.76. The lowest BCUT2D eigenvalue weighted by molar-refractivity contribution is -0.148. The number of carbonyl (C=O) groups is 2. The minimum Gasteiger partial charge on any atom is -0.455 e. The molecule has 0 bridgehead atoms. The molecule has 0 spiro atoms. The molecule has 0 unspecified atom stereocenters. The fourth-order valence-corrected chi connectivity index (χ4v) is 5.77. The van der Waals surface area contributed by atoms with Crippen LogP contribution in [0.25, 0.3) is 11.0 Å². The average Bonchev–Trinajstić information content (AvgIpc) is 3.31. The van der Waals surface area contributed by atoms with E-state index in [1.807, 2.05) is 38.4 Å². The summed E-state index contributed by atoms with van der Waals surface area (Å²) < 4.78 is 7.46. The number of esters is 1. The van der Waals surface area contributed by atoms with Crippen molar-refractivity contribution in [2.24, 2.45) is 5.92 Å². The Balaban J connectivity index is 1.50. The van der Waals surface area contributed by atoms with Crippen molar-refractivity contribution in [3.05, 3.63) is 58.3 Å². The molecule has 0 saturated carbocycles. The maximum atomic E-state index is 13.5. The van der Waals surface area contributed by atoms with Gasteiger partial charge in [-0.05, 0) is 76.9 Å². The van der Waals surface area contributed by atoms with Crippen molar-refractivity contribution in [2.45, 2.75) is 65.6 Å². The lowest BCUT2D eigenvalue weighted by atomic mass is 9.96. The monoisotopic (exact) mass is 585 g/mol. The number of ether oxygens (including phenoxy) is 1. The highest BCUT2D eigenvalue weighted by molar-refractivity contribution is 6.39. The van der Waals surface area contributed by atoms with Crippen molar-refractivity contribution >= 4 is 57.5 Å². The van der Waals surface area contributed by atoms with Gasteiger partial charge in [-0.2, -0.15) is 0 Å². The third kappa shape index (κ3) is 6.28. The normalized spacial score (nSPS) is 17.6. The second-order valence-electron chi connectivity index (χ2n) is 11.4. The smallest absolute Gasteiger partial charge is 0.353 e. The van der Waals surface area contributed by atoms with E-state index in [1.165, 1.54) is 0 Å². The topological polar surface area (TPSA) is 91.5 Å². The van der Waals surface area contributed by atoms with Gasteiger partial charge in [0.05, 0.1) is 29.3 Å². The maximum absolute atomic E-state index is 13.5. The summed E-state index contributed by atoms with van der Waals surface area (Å²) in [6.07, 6.45) is 2.19. The van der Waals surface area contributed by atoms with Gasteiger partial charge in [0.1, 0.15) is 11.3 Å². The number of aromatic nitrogens is 2. The summed E-state index contributed by atoms with van der Waals surface area (Å²) in [4.78, 5) is 34.6. The maximum Gasteiger partial charge on any atom is 0.353 e. The van der Waals surface area contributed by atoms with Gasteiger partial charge in [0.25, 0.3) is 0 Å². The molecular weight excluding hydrogens is 549 g/mol. The first-order chi connectivity index (χ1) is 18.8. The number of rotatable bonds is 7. The van der Waals surface area contributed by atoms with Crippen molar-refractivity contribution in [1.29, 1.82) is 5.41 Å². The molecule has 1 N–H and O–H groups in total. The number of anilines is 1. The Morgan fingerprint density at radius 2 is 1.88 bits per heavy atom. The SMILES string of the molecule is CC[C@H](C(=N)C(=O)OC(C)(C)C)C(=O)N1CCN(c2ccc3ncn([C@H](C)c4ccc(Cl)cc4Cl)c3c2)C[C@H]1C. The number of fused-ring (bicyclic) bond motifs is 1. The van der Waals surface area contributed by atoms with Crippen LogP contribution < -0.4 is 4.90 Å². The minimum atomic E-state index is -0.823. The first-order valence-corrected chi connectivity index (χ1v) is 14.3. The number of nitrogens with zero attached hydrogens (tertiary/aromatic N) is 4. The van der Waals surface area contributed by atoms with Gasteiger partial charge < -0.3 is 19.1 Å². The van der Waals surface area contributed by atoms with Crippen molar-refractivity contribution in [3.8, 4) is 0 Å². The van der Waals surface area contributed by atoms with E-state index in [9.17, 15) is 9.59 Å². The molecule has 0 radical (unpaired) electrons. The van der Waals surface area contributed by atoms with Gasteiger partial charge in [0.15, 0.2) is 0 Å². The number of benzene rings is 2. The molecule has 1 aliphatic rings. The van der Waals surface area contributed by atoms with Gasteiger partial charge in [0, 0.05) is 41.4 Å². The zero-order chi connectivity index (χ0) is 29.4. The van der Waals surface area contributed by atoms with E-state index in [2.05, 4.69) is 33.5 Å². The van der Waals surface area contributed by atoms with E-state index >= 15 is 0 Å². The number of carbonyl (C=O) groups excluding carboxylic acids is 2. The second kappa shape index (κ2) is 11.8. The predicted octanol–water partition coefficient (Wildman–Crippen LogP) is 6.38. The van der Waals surface area contributed by atoms with Gasteiger partial charge in [-0.25, -0.2) is 9.78 Å². The highest BCUT2D eigenvalue weighted by atomic mass is 35.5. The third-order valence-electron chi connectivity index (χ3n) is 7.34. The molecule has 0 aliphatic carbocycles. The highest BCUT2D eigenvalue weighted by Crippen LogP contribution is 2.32. The highest BCUT2D eigenvalue weighted by Gasteiger charge is 2.36. The van der Waals surface area contributed by atoms with Crippen LogP contribution in [0.3, 0.4) is 0 Å². The van der Waals surface area contributed by atoms with Crippen LogP contribution in [0, 0.1) is 11.3 Å². The fourth-order valence-electron chi connectivity index (χ4n) is 5.21. The van der Waals surface area contributed by atoms with E-state index in [4.69, 9.17) is 33.3 Å². The molecule has 3 atom stereocenters. The van der Waals surface area contributed by atoms with E-state index in [1.54, 1.807) is 31.7 Å². The van der Waals surface area contributed by atoms with E-state index < -0.39 is 17.5 Å². The molecular formula is C30H37Cl2N5O3. The van der Waals surface area contributed by atoms with Gasteiger partial charge in [0.2, 0.25) is 5.91 Å². The lowest BCUT2D eigenvalue weighted by Gasteiger charge is -2.42. The Morgan fingerprint density at radius 1 is 1.15 bits per heavy atom. The van der Waals surface area contributed by atoms with Crippen LogP contribution >= 0.6 is 23.2 Å². The zero-order valence-corrected chi connectivity index (χ0v) is 25.4. The van der Waals surface area contributed by atoms with Crippen LogP contribution in [-0.2, 0) is 14.3 Å². The third-order valence-corrected chi connectivity index (χ3v) is 7.90. The molecule has 4 rings (SSSR count). The van der Waals surface area contributed by atoms with Gasteiger partial charge in [-0.3, -0.25) is 10.2 Å². The van der Waals surface area contributed by atoms with E-state index in [-0.39, 0.29) is 23.7 Å². The Labute approximate surface area is 245 Å². The molecule has 8 nitrogen and oxygen atoms in total. The summed E-state index contributed by atoms with van der Waals surface area (Å²) >= 11 is 12.6. The quantitative estimate of drug-likeness (QED) is 0.256. The molecule has 214 valence electrons. The van der Waals surface area contributed by atoms with Crippen LogP contribution in [0.2, 0.25) is 10.0 Å². The Hall–Kier alpha value is -3.10. The molecule has 1 aromatic heterocycles. The summed E-state index contributed by atoms with van der Waals surface area (Å²) in [5, 5.41) is 9.57. The zero-order valence-electron chi connectivity index (χ0n) is 23.9. The van der Waals surface area contributed by atoms with Crippen LogP contribution in [0.15, 0.2) is 42.7 Å². The number of nitrogens with one attached hydrogen (secondary N) is 1. The number of imidazole rings is 1. The molecule has 40 heavy (non-hydrogen) atoms. The molecule has 1 saturated heterocycles. The first kappa shape index (κ1) is 29.9. The van der Waals surface area contributed by atoms with Gasteiger partial charge in [-0.1, -0.05) is 36.2 Å². The van der Waals surface area contributed by atoms with E-state index in [0.717, 1.165) is 22.3 Å². The van der Waals surface area contributed by atoms with Crippen molar-refractivity contribution in [1.82, 2.24) is 14.5 Å². The van der Waals surface area contributed by atoms with Crippen LogP contribution in [0.1, 0.15) is 59.6 Å². The number of hydrogen-bond acceptors (Lipinski definition) is 6. The summed E-state index contributed by atoms with van der Waals surface area (Å²) in [6, 6.07) is 11.6. The van der Waals surface area contributed by atoms with Gasteiger partial charge >= 0.3 is 5.97 Å². The number of amides is 1. The molecule has 2 heterocycles. The minimum absolute atomic E-state index is 0.0512. The van der Waals surface area contributed by atoms with E-state index in [0.29, 0.717) is 36.1 Å². The van der Waals surface area contributed by atoms with Crippen LogP contribution in [0.4, 0.5) is 5.69 Å². The Kier molecular flexibility index (Phi) is 8.80. The molecule has 2 aromatic carbocycles. The standard InChI is InChI=1S/C30H37Cl2N5O3/c1-7-22(27(33)29(39)40-30(4,5)6)28(38)36-13-12-35(16-18(36)2)21-9-11-25-26(15-21)37(17-34-25)19(3)23-10-8-20(31)14-24(23)32/h8-11,14-15,17-19,22,33H,7,12-13,16H2,1-6H3/t18-,19-,22-/m1/s1. The molecule has 3 aromatic rings. The second-order valence-corrected chi connectivity index (χ2v) is 12.2. The largest absolute Gasteiger partial charge is 0.455 e. The van der Waals surface area contributed by atoms with Crippen LogP contribution in [-0.4, -0.2) is 63.3 Å². The summed E-state index contributed by atoms with van der Waals surface area (Å²) in [5.41, 5.74) is 2.85. The van der Waals surface area contributed by atoms with Crippen molar-refractivity contribution in [3.63, 3.8) is 0 Å². The fraction of sp³-hybridized carbons (Fsp3) is 0.467. The molecule has 1 fully saturated rings. The van der Waals surface area contributed by atoms with Crippen molar-refractivity contribution in [2.75, 3.05) is 24.5 Å². The number of halogens is 2. The Bertz CT molecular complexity index is 1430.